The Balaban J connectivity index is 0. The standard InChI is InChI=1S/C7H17N3.C7H11N.C7H17N/c1-6(2)4-3-5-10-7(8)9;1-6(2)7-3-4-8-5-7;1-7(2)5-3-4-6-8/h6H,3-5H2,1-2H3,(H4,8,9,10);4-6H,3H2,1-2H3;7H,3-6,8H2,1-2H3. The molecule has 5 heteroatoms. The van der Waals surface area contributed by atoms with E-state index in [1.807, 2.05) is 12.4 Å². The third-order valence-corrected chi connectivity index (χ3v) is 3.88. The highest BCUT2D eigenvalue weighted by Crippen LogP contribution is 2.15. The molecule has 5 nitrogen and oxygen atoms in total. The van der Waals surface area contributed by atoms with Crippen LogP contribution in [0.4, 0.5) is 0 Å². The zero-order chi connectivity index (χ0) is 20.4. The van der Waals surface area contributed by atoms with E-state index in [4.69, 9.17) is 17.2 Å². The van der Waals surface area contributed by atoms with Crippen LogP contribution in [0.25, 0.3) is 0 Å². The molecule has 0 aliphatic carbocycles. The normalized spacial score (nSPS) is 12.5. The van der Waals surface area contributed by atoms with Crippen molar-refractivity contribution < 1.29 is 0 Å². The highest BCUT2D eigenvalue weighted by atomic mass is 15.0. The largest absolute Gasteiger partial charge is 0.370 e. The summed E-state index contributed by atoms with van der Waals surface area (Å²) in [5.41, 5.74) is 17.0. The molecule has 0 aromatic rings. The summed E-state index contributed by atoms with van der Waals surface area (Å²) in [6.45, 7) is 14.9. The molecule has 0 saturated heterocycles. The molecule has 0 aromatic heterocycles. The van der Waals surface area contributed by atoms with Crippen molar-refractivity contribution in [3.05, 3.63) is 11.8 Å². The second-order valence-corrected chi connectivity index (χ2v) is 7.92. The highest BCUT2D eigenvalue weighted by Gasteiger charge is 2.03. The number of hydrogen-bond donors (Lipinski definition) is 3. The summed E-state index contributed by atoms with van der Waals surface area (Å²) in [4.78, 5) is 7.87. The van der Waals surface area contributed by atoms with Gasteiger partial charge in [0.25, 0.3) is 0 Å². The van der Waals surface area contributed by atoms with Crippen LogP contribution in [-0.4, -0.2) is 25.3 Å². The molecule has 154 valence electrons. The zero-order valence-corrected chi connectivity index (χ0v) is 18.2. The summed E-state index contributed by atoms with van der Waals surface area (Å²) in [7, 11) is 0. The summed E-state index contributed by atoms with van der Waals surface area (Å²) >= 11 is 0. The highest BCUT2D eigenvalue weighted by molar-refractivity contribution is 5.75. The smallest absolute Gasteiger partial charge is 0.185 e. The summed E-state index contributed by atoms with van der Waals surface area (Å²) in [5, 5.41) is 0. The van der Waals surface area contributed by atoms with Crippen LogP contribution in [0.3, 0.4) is 0 Å². The van der Waals surface area contributed by atoms with Crippen LogP contribution in [0.15, 0.2) is 21.8 Å². The first-order chi connectivity index (χ1) is 12.2. The van der Waals surface area contributed by atoms with E-state index < -0.39 is 0 Å². The second kappa shape index (κ2) is 18.4. The van der Waals surface area contributed by atoms with Crippen LogP contribution in [0, 0.1) is 17.8 Å². The fraction of sp³-hybridized carbons (Fsp3) is 0.810. The molecule has 0 aromatic carbocycles. The van der Waals surface area contributed by atoms with E-state index in [9.17, 15) is 0 Å². The van der Waals surface area contributed by atoms with Gasteiger partial charge >= 0.3 is 0 Å². The van der Waals surface area contributed by atoms with Gasteiger partial charge in [0, 0.05) is 25.4 Å². The quantitative estimate of drug-likeness (QED) is 0.318. The lowest BCUT2D eigenvalue weighted by Gasteiger charge is -2.01. The molecule has 1 aliphatic rings. The molecule has 0 amide bonds. The second-order valence-electron chi connectivity index (χ2n) is 7.92. The van der Waals surface area contributed by atoms with Gasteiger partial charge in [0.15, 0.2) is 5.96 Å². The van der Waals surface area contributed by atoms with Gasteiger partial charge in [0.05, 0.1) is 0 Å². The van der Waals surface area contributed by atoms with Crippen molar-refractivity contribution >= 4 is 12.2 Å². The Morgan fingerprint density at radius 2 is 1.58 bits per heavy atom. The molecule has 1 aliphatic heterocycles. The number of allylic oxidation sites excluding steroid dienone is 1. The van der Waals surface area contributed by atoms with Gasteiger partial charge in [-0.15, -0.1) is 0 Å². The van der Waals surface area contributed by atoms with Gasteiger partial charge in [-0.3, -0.25) is 9.98 Å². The van der Waals surface area contributed by atoms with E-state index in [-0.39, 0.29) is 5.96 Å². The molecule has 1 heterocycles. The molecule has 0 bridgehead atoms. The summed E-state index contributed by atoms with van der Waals surface area (Å²) in [6, 6.07) is 0. The van der Waals surface area contributed by atoms with E-state index in [1.165, 1.54) is 31.3 Å². The van der Waals surface area contributed by atoms with Gasteiger partial charge in [-0.05, 0) is 49.1 Å². The zero-order valence-electron chi connectivity index (χ0n) is 18.2. The average molecular weight is 368 g/mol. The number of hydrogen-bond acceptors (Lipinski definition) is 3. The first kappa shape index (κ1) is 26.9. The topological polar surface area (TPSA) is 103 Å². The number of rotatable bonds is 9. The predicted octanol–water partition coefficient (Wildman–Crippen LogP) is 4.47. The third kappa shape index (κ3) is 22.6. The number of unbranched alkanes of at least 4 members (excludes halogenated alkanes) is 1. The number of guanidine groups is 1. The maximum atomic E-state index is 5.31. The van der Waals surface area contributed by atoms with Crippen molar-refractivity contribution in [1.29, 1.82) is 0 Å². The van der Waals surface area contributed by atoms with Crippen LogP contribution in [-0.2, 0) is 0 Å². The van der Waals surface area contributed by atoms with E-state index in [0.29, 0.717) is 5.92 Å². The SMILES string of the molecule is CC(C)C1=CN=CC1.CC(C)CCCCN.CC(C)CCCN=C(N)N. The fourth-order valence-corrected chi connectivity index (χ4v) is 2.15. The molecule has 0 atom stereocenters. The van der Waals surface area contributed by atoms with E-state index >= 15 is 0 Å². The van der Waals surface area contributed by atoms with Crippen molar-refractivity contribution in [3.63, 3.8) is 0 Å². The van der Waals surface area contributed by atoms with Crippen molar-refractivity contribution in [2.45, 2.75) is 80.1 Å². The Kier molecular flexibility index (Phi) is 19.0. The van der Waals surface area contributed by atoms with Gasteiger partial charge in [-0.25, -0.2) is 0 Å². The maximum Gasteiger partial charge on any atom is 0.185 e. The van der Waals surface area contributed by atoms with Crippen molar-refractivity contribution in [2.24, 2.45) is 44.9 Å². The molecule has 0 unspecified atom stereocenters. The van der Waals surface area contributed by atoms with Crippen molar-refractivity contribution in [3.8, 4) is 0 Å². The summed E-state index contributed by atoms with van der Waals surface area (Å²) in [6.07, 6.45) is 11.1. The van der Waals surface area contributed by atoms with Gasteiger partial charge in [-0.2, -0.15) is 0 Å². The molecular formula is C21H45N5. The van der Waals surface area contributed by atoms with Gasteiger partial charge in [0.1, 0.15) is 0 Å². The van der Waals surface area contributed by atoms with E-state index in [0.717, 1.165) is 37.8 Å². The Bertz CT molecular complexity index is 391. The molecule has 0 fully saturated rings. The first-order valence-electron chi connectivity index (χ1n) is 10.2. The Morgan fingerprint density at radius 1 is 1.00 bits per heavy atom. The number of nitrogens with two attached hydrogens (primary N) is 3. The maximum absolute atomic E-state index is 5.31. The number of nitrogens with zero attached hydrogens (tertiary/aromatic N) is 2. The van der Waals surface area contributed by atoms with Gasteiger partial charge in [-0.1, -0.05) is 54.4 Å². The lowest BCUT2D eigenvalue weighted by molar-refractivity contribution is 0.541. The third-order valence-electron chi connectivity index (χ3n) is 3.88. The van der Waals surface area contributed by atoms with Gasteiger partial charge in [0.2, 0.25) is 0 Å². The summed E-state index contributed by atoms with van der Waals surface area (Å²) in [5.74, 6) is 2.47. The first-order valence-corrected chi connectivity index (χ1v) is 10.2. The minimum Gasteiger partial charge on any atom is -0.370 e. The Morgan fingerprint density at radius 3 is 1.92 bits per heavy atom. The van der Waals surface area contributed by atoms with E-state index in [2.05, 4.69) is 51.5 Å². The molecule has 0 spiro atoms. The van der Waals surface area contributed by atoms with Crippen LogP contribution in [0.1, 0.15) is 80.1 Å². The molecule has 0 radical (unpaired) electrons. The molecule has 0 saturated carbocycles. The lowest BCUT2D eigenvalue weighted by atomic mass is 10.0. The molecular weight excluding hydrogens is 322 g/mol. The van der Waals surface area contributed by atoms with Crippen LogP contribution >= 0.6 is 0 Å². The molecule has 26 heavy (non-hydrogen) atoms. The van der Waals surface area contributed by atoms with Gasteiger partial charge < -0.3 is 17.2 Å². The van der Waals surface area contributed by atoms with Crippen LogP contribution < -0.4 is 17.2 Å². The minimum atomic E-state index is 0.198. The average Bonchev–Trinajstić information content (AvgIpc) is 3.07. The van der Waals surface area contributed by atoms with Crippen LogP contribution in [0.5, 0.6) is 0 Å². The van der Waals surface area contributed by atoms with Crippen LogP contribution in [0.2, 0.25) is 0 Å². The minimum absolute atomic E-state index is 0.198. The lowest BCUT2D eigenvalue weighted by Crippen LogP contribution is -2.22. The Hall–Kier alpha value is -1.36. The van der Waals surface area contributed by atoms with E-state index in [1.54, 1.807) is 0 Å². The Labute approximate surface area is 162 Å². The number of aliphatic imine (C=N–C) groups is 2. The monoisotopic (exact) mass is 367 g/mol. The molecule has 6 N–H and O–H groups in total. The molecule has 1 rings (SSSR count). The fourth-order valence-electron chi connectivity index (χ4n) is 2.15. The van der Waals surface area contributed by atoms with Crippen molar-refractivity contribution in [1.82, 2.24) is 0 Å². The predicted molar refractivity (Wildman–Crippen MR) is 119 cm³/mol. The van der Waals surface area contributed by atoms with Crippen molar-refractivity contribution in [2.75, 3.05) is 13.1 Å². The summed E-state index contributed by atoms with van der Waals surface area (Å²) < 4.78 is 0.